The third-order valence-corrected chi connectivity index (χ3v) is 2.27. The zero-order valence-electron chi connectivity index (χ0n) is 8.18. The molecule has 0 amide bonds. The Kier molecular flexibility index (Phi) is 2.49. The van der Waals surface area contributed by atoms with E-state index >= 15 is 0 Å². The number of nitrogens with two attached hydrogens (primary N) is 1. The maximum atomic E-state index is 5.51. The Hall–Kier alpha value is -1.36. The predicted molar refractivity (Wildman–Crippen MR) is 52.9 cm³/mol. The number of likely N-dealkylation sites (tertiary alicyclic amines) is 1. The van der Waals surface area contributed by atoms with E-state index in [2.05, 4.69) is 21.9 Å². The normalized spacial score (nSPS) is 17.8. The van der Waals surface area contributed by atoms with Crippen LogP contribution in [0.3, 0.4) is 0 Å². The van der Waals surface area contributed by atoms with E-state index in [1.165, 1.54) is 0 Å². The van der Waals surface area contributed by atoms with Crippen molar-refractivity contribution in [3.63, 3.8) is 0 Å². The van der Waals surface area contributed by atoms with Crippen LogP contribution in [0.4, 0.5) is 5.95 Å². The summed E-state index contributed by atoms with van der Waals surface area (Å²) in [5.41, 5.74) is 5.35. The summed E-state index contributed by atoms with van der Waals surface area (Å²) in [7, 11) is 2.10. The first-order valence-corrected chi connectivity index (χ1v) is 4.63. The molecule has 5 nitrogen and oxygen atoms in total. The van der Waals surface area contributed by atoms with E-state index in [4.69, 9.17) is 10.5 Å². The highest BCUT2D eigenvalue weighted by Crippen LogP contribution is 2.15. The van der Waals surface area contributed by atoms with Crippen LogP contribution in [0.5, 0.6) is 5.75 Å². The van der Waals surface area contributed by atoms with Crippen molar-refractivity contribution in [3.8, 4) is 5.75 Å². The van der Waals surface area contributed by atoms with Gasteiger partial charge in [-0.2, -0.15) is 0 Å². The maximum Gasteiger partial charge on any atom is 0.220 e. The average molecular weight is 194 g/mol. The van der Waals surface area contributed by atoms with Gasteiger partial charge in [0.1, 0.15) is 0 Å². The van der Waals surface area contributed by atoms with Crippen LogP contribution in [0.2, 0.25) is 0 Å². The molecular weight excluding hydrogens is 180 g/mol. The summed E-state index contributed by atoms with van der Waals surface area (Å²) < 4.78 is 5.51. The maximum absolute atomic E-state index is 5.51. The first-order valence-electron chi connectivity index (χ1n) is 4.63. The lowest BCUT2D eigenvalue weighted by molar-refractivity contribution is 0.0854. The van der Waals surface area contributed by atoms with Gasteiger partial charge in [0, 0.05) is 19.0 Å². The third kappa shape index (κ3) is 2.11. The van der Waals surface area contributed by atoms with Crippen LogP contribution in [0, 0.1) is 5.92 Å². The molecule has 5 heteroatoms. The fraction of sp³-hybridized carbons (Fsp3) is 0.556. The molecule has 2 N–H and O–H groups in total. The van der Waals surface area contributed by atoms with E-state index in [1.807, 2.05) is 0 Å². The van der Waals surface area contributed by atoms with Crippen molar-refractivity contribution in [1.82, 2.24) is 14.9 Å². The molecule has 0 unspecified atom stereocenters. The minimum absolute atomic E-state index is 0.278. The molecular formula is C9H14N4O. The van der Waals surface area contributed by atoms with Crippen LogP contribution in [-0.4, -0.2) is 41.6 Å². The molecule has 1 aromatic rings. The third-order valence-electron chi connectivity index (χ3n) is 2.27. The van der Waals surface area contributed by atoms with Gasteiger partial charge in [0.15, 0.2) is 5.75 Å². The molecule has 0 aromatic carbocycles. The van der Waals surface area contributed by atoms with E-state index in [9.17, 15) is 0 Å². The predicted octanol–water partition coefficient (Wildman–Crippen LogP) is -0.000800. The number of nitrogens with zero attached hydrogens (tertiary/aromatic N) is 3. The second-order valence-electron chi connectivity index (χ2n) is 3.68. The van der Waals surface area contributed by atoms with Crippen LogP contribution in [0.25, 0.3) is 0 Å². The van der Waals surface area contributed by atoms with Crippen molar-refractivity contribution in [2.45, 2.75) is 0 Å². The lowest BCUT2D eigenvalue weighted by atomic mass is 10.0. The molecule has 0 saturated carbocycles. The Morgan fingerprint density at radius 3 is 2.71 bits per heavy atom. The molecule has 2 heterocycles. The lowest BCUT2D eigenvalue weighted by Crippen LogP contribution is -2.46. The molecule has 0 atom stereocenters. The number of aromatic nitrogens is 2. The molecule has 1 aromatic heterocycles. The SMILES string of the molecule is CN1CC(COc2cnc(N)nc2)C1. The molecule has 0 spiro atoms. The van der Waals surface area contributed by atoms with Crippen molar-refractivity contribution >= 4 is 5.95 Å². The van der Waals surface area contributed by atoms with E-state index in [1.54, 1.807) is 12.4 Å². The van der Waals surface area contributed by atoms with Gasteiger partial charge >= 0.3 is 0 Å². The molecule has 0 bridgehead atoms. The standard InChI is InChI=1S/C9H14N4O/c1-13-4-7(5-13)6-14-8-2-11-9(10)12-3-8/h2-3,7H,4-6H2,1H3,(H2,10,11,12). The van der Waals surface area contributed by atoms with Gasteiger partial charge in [-0.05, 0) is 7.05 Å². The first kappa shape index (κ1) is 9.21. The zero-order valence-corrected chi connectivity index (χ0v) is 8.18. The van der Waals surface area contributed by atoms with Crippen molar-refractivity contribution in [2.75, 3.05) is 32.5 Å². The number of hydrogen-bond donors (Lipinski definition) is 1. The molecule has 1 aliphatic rings. The van der Waals surface area contributed by atoms with Crippen molar-refractivity contribution in [2.24, 2.45) is 5.92 Å². The summed E-state index contributed by atoms with van der Waals surface area (Å²) in [6.07, 6.45) is 3.20. The van der Waals surface area contributed by atoms with Gasteiger partial charge in [-0.15, -0.1) is 0 Å². The minimum atomic E-state index is 0.278. The second kappa shape index (κ2) is 3.79. The molecule has 0 aliphatic carbocycles. The summed E-state index contributed by atoms with van der Waals surface area (Å²) in [6.45, 7) is 2.95. The Morgan fingerprint density at radius 1 is 1.50 bits per heavy atom. The molecule has 1 saturated heterocycles. The van der Waals surface area contributed by atoms with Gasteiger partial charge in [-0.1, -0.05) is 0 Å². The highest BCUT2D eigenvalue weighted by Gasteiger charge is 2.23. The number of anilines is 1. The summed E-state index contributed by atoms with van der Waals surface area (Å²) in [5.74, 6) is 1.60. The summed E-state index contributed by atoms with van der Waals surface area (Å²) in [5, 5.41) is 0. The largest absolute Gasteiger partial charge is 0.490 e. The monoisotopic (exact) mass is 194 g/mol. The smallest absolute Gasteiger partial charge is 0.220 e. The summed E-state index contributed by atoms with van der Waals surface area (Å²) in [6, 6.07) is 0. The van der Waals surface area contributed by atoms with Gasteiger partial charge in [0.25, 0.3) is 0 Å². The fourth-order valence-corrected chi connectivity index (χ4v) is 1.55. The molecule has 1 fully saturated rings. The van der Waals surface area contributed by atoms with E-state index in [0.29, 0.717) is 11.7 Å². The van der Waals surface area contributed by atoms with E-state index in [0.717, 1.165) is 19.7 Å². The molecule has 2 rings (SSSR count). The molecule has 14 heavy (non-hydrogen) atoms. The van der Waals surface area contributed by atoms with Gasteiger partial charge < -0.3 is 15.4 Å². The van der Waals surface area contributed by atoms with Gasteiger partial charge in [0.05, 0.1) is 19.0 Å². The van der Waals surface area contributed by atoms with Crippen molar-refractivity contribution < 1.29 is 4.74 Å². The summed E-state index contributed by atoms with van der Waals surface area (Å²) >= 11 is 0. The highest BCUT2D eigenvalue weighted by atomic mass is 16.5. The summed E-state index contributed by atoms with van der Waals surface area (Å²) in [4.78, 5) is 9.95. The van der Waals surface area contributed by atoms with E-state index in [-0.39, 0.29) is 5.95 Å². The zero-order chi connectivity index (χ0) is 9.97. The molecule has 1 aliphatic heterocycles. The lowest BCUT2D eigenvalue weighted by Gasteiger charge is -2.35. The van der Waals surface area contributed by atoms with Gasteiger partial charge in [-0.25, -0.2) is 9.97 Å². The second-order valence-corrected chi connectivity index (χ2v) is 3.68. The quantitative estimate of drug-likeness (QED) is 0.733. The van der Waals surface area contributed by atoms with Crippen LogP contribution in [0.15, 0.2) is 12.4 Å². The highest BCUT2D eigenvalue weighted by molar-refractivity contribution is 5.21. The fourth-order valence-electron chi connectivity index (χ4n) is 1.55. The van der Waals surface area contributed by atoms with Crippen molar-refractivity contribution in [1.29, 1.82) is 0 Å². The molecule has 76 valence electrons. The Morgan fingerprint density at radius 2 is 2.14 bits per heavy atom. The average Bonchev–Trinajstić information content (AvgIpc) is 2.13. The minimum Gasteiger partial charge on any atom is -0.490 e. The number of hydrogen-bond acceptors (Lipinski definition) is 5. The number of ether oxygens (including phenoxy) is 1. The van der Waals surface area contributed by atoms with Crippen LogP contribution in [-0.2, 0) is 0 Å². The Labute approximate surface area is 82.9 Å². The van der Waals surface area contributed by atoms with E-state index < -0.39 is 0 Å². The van der Waals surface area contributed by atoms with Crippen LogP contribution < -0.4 is 10.5 Å². The number of nitrogen functional groups attached to an aromatic ring is 1. The Balaban J connectivity index is 1.78. The topological polar surface area (TPSA) is 64.3 Å². The first-order chi connectivity index (χ1) is 6.74. The molecule has 0 radical (unpaired) electrons. The van der Waals surface area contributed by atoms with Crippen LogP contribution >= 0.6 is 0 Å². The van der Waals surface area contributed by atoms with Gasteiger partial charge in [-0.3, -0.25) is 0 Å². The Bertz CT molecular complexity index is 294. The van der Waals surface area contributed by atoms with Gasteiger partial charge in [0.2, 0.25) is 5.95 Å². The number of rotatable bonds is 3. The van der Waals surface area contributed by atoms with Crippen molar-refractivity contribution in [3.05, 3.63) is 12.4 Å². The van der Waals surface area contributed by atoms with Crippen LogP contribution in [0.1, 0.15) is 0 Å².